The highest BCUT2D eigenvalue weighted by molar-refractivity contribution is 5.94. The van der Waals surface area contributed by atoms with Gasteiger partial charge in [-0.1, -0.05) is 55.5 Å². The molecule has 1 fully saturated rings. The Kier molecular flexibility index (Phi) is 4.86. The van der Waals surface area contributed by atoms with E-state index < -0.39 is 6.09 Å². The predicted molar refractivity (Wildman–Crippen MR) is 97.4 cm³/mol. The predicted octanol–water partition coefficient (Wildman–Crippen LogP) is 4.59. The Morgan fingerprint density at radius 3 is 2.62 bits per heavy atom. The number of rotatable bonds is 4. The third-order valence-electron chi connectivity index (χ3n) is 4.80. The molecular formula is C20H24N2O2. The van der Waals surface area contributed by atoms with Crippen LogP contribution in [0.4, 0.5) is 10.5 Å². The van der Waals surface area contributed by atoms with E-state index in [0.717, 1.165) is 48.3 Å². The maximum absolute atomic E-state index is 12.2. The minimum absolute atomic E-state index is 0.0870. The average Bonchev–Trinajstić information content (AvgIpc) is 3.05. The second-order valence-corrected chi connectivity index (χ2v) is 6.24. The molecule has 24 heavy (non-hydrogen) atoms. The van der Waals surface area contributed by atoms with Crippen molar-refractivity contribution in [3.63, 3.8) is 0 Å². The summed E-state index contributed by atoms with van der Waals surface area (Å²) in [5.74, 6) is 0. The number of aryl methyl sites for hydroxylation is 1. The molecule has 1 unspecified atom stereocenters. The molecule has 1 atom stereocenters. The standard InChI is InChI=1S/C20H24N2O2/c1-3-21-14-8-13-18(21)22(20(23)24)19-15(2)9-7-12-17(19)16-10-5-4-6-11-16/h4-7,9-12,18H,3,8,13-14H2,1-2H3,(H,23,24). The fourth-order valence-corrected chi connectivity index (χ4v) is 3.67. The van der Waals surface area contributed by atoms with Gasteiger partial charge in [0.2, 0.25) is 0 Å². The van der Waals surface area contributed by atoms with Crippen LogP contribution in [0.5, 0.6) is 0 Å². The van der Waals surface area contributed by atoms with Crippen molar-refractivity contribution in [2.75, 3.05) is 18.0 Å². The van der Waals surface area contributed by atoms with Crippen LogP contribution in [0.2, 0.25) is 0 Å². The summed E-state index contributed by atoms with van der Waals surface area (Å²) in [5.41, 5.74) is 3.81. The van der Waals surface area contributed by atoms with Gasteiger partial charge in [-0.25, -0.2) is 4.79 Å². The van der Waals surface area contributed by atoms with Gasteiger partial charge in [0.15, 0.2) is 0 Å². The first-order valence-electron chi connectivity index (χ1n) is 8.54. The number of hydrogen-bond donors (Lipinski definition) is 1. The lowest BCUT2D eigenvalue weighted by Gasteiger charge is -2.34. The highest BCUT2D eigenvalue weighted by Gasteiger charge is 2.35. The number of hydrogen-bond acceptors (Lipinski definition) is 2. The van der Waals surface area contributed by atoms with E-state index in [1.54, 1.807) is 4.90 Å². The monoisotopic (exact) mass is 324 g/mol. The molecule has 1 aliphatic rings. The second kappa shape index (κ2) is 7.05. The topological polar surface area (TPSA) is 43.8 Å². The van der Waals surface area contributed by atoms with Gasteiger partial charge in [0.1, 0.15) is 0 Å². The molecule has 2 aromatic rings. The number of amides is 1. The lowest BCUT2D eigenvalue weighted by atomic mass is 9.99. The zero-order chi connectivity index (χ0) is 17.1. The number of nitrogens with zero attached hydrogens (tertiary/aromatic N) is 2. The van der Waals surface area contributed by atoms with Crippen molar-refractivity contribution >= 4 is 11.8 Å². The number of para-hydroxylation sites is 1. The molecule has 4 heteroatoms. The first kappa shape index (κ1) is 16.5. The summed E-state index contributed by atoms with van der Waals surface area (Å²) >= 11 is 0. The first-order chi connectivity index (χ1) is 11.6. The first-order valence-corrected chi connectivity index (χ1v) is 8.54. The number of likely N-dealkylation sites (tertiary alicyclic amines) is 1. The normalized spacial score (nSPS) is 17.8. The zero-order valence-corrected chi connectivity index (χ0v) is 14.3. The highest BCUT2D eigenvalue weighted by Crippen LogP contribution is 2.37. The molecule has 1 saturated heterocycles. The van der Waals surface area contributed by atoms with E-state index in [1.165, 1.54) is 0 Å². The molecule has 1 aliphatic heterocycles. The van der Waals surface area contributed by atoms with E-state index in [9.17, 15) is 9.90 Å². The van der Waals surface area contributed by atoms with Crippen molar-refractivity contribution in [1.82, 2.24) is 4.90 Å². The van der Waals surface area contributed by atoms with Gasteiger partial charge in [0.05, 0.1) is 11.9 Å². The van der Waals surface area contributed by atoms with Crippen LogP contribution in [0, 0.1) is 6.92 Å². The molecular weight excluding hydrogens is 300 g/mol. The highest BCUT2D eigenvalue weighted by atomic mass is 16.4. The molecule has 0 aliphatic carbocycles. The van der Waals surface area contributed by atoms with Crippen molar-refractivity contribution in [3.8, 4) is 11.1 Å². The zero-order valence-electron chi connectivity index (χ0n) is 14.3. The Labute approximate surface area is 143 Å². The molecule has 2 aromatic carbocycles. The van der Waals surface area contributed by atoms with Crippen molar-refractivity contribution in [2.45, 2.75) is 32.9 Å². The molecule has 126 valence electrons. The van der Waals surface area contributed by atoms with Gasteiger partial charge in [-0.05, 0) is 37.4 Å². The summed E-state index contributed by atoms with van der Waals surface area (Å²) < 4.78 is 0. The Hall–Kier alpha value is -2.33. The van der Waals surface area contributed by atoms with Crippen LogP contribution in [0.15, 0.2) is 48.5 Å². The number of carbonyl (C=O) groups is 1. The van der Waals surface area contributed by atoms with Gasteiger partial charge in [0.25, 0.3) is 0 Å². The quantitative estimate of drug-likeness (QED) is 0.894. The van der Waals surface area contributed by atoms with Crippen LogP contribution in [-0.2, 0) is 0 Å². The van der Waals surface area contributed by atoms with Gasteiger partial charge < -0.3 is 5.11 Å². The summed E-state index contributed by atoms with van der Waals surface area (Å²) in [5, 5.41) is 10.00. The average molecular weight is 324 g/mol. The van der Waals surface area contributed by atoms with Crippen LogP contribution in [0.25, 0.3) is 11.1 Å². The summed E-state index contributed by atoms with van der Waals surface area (Å²) in [6.45, 7) is 5.90. The molecule has 0 spiro atoms. The second-order valence-electron chi connectivity index (χ2n) is 6.24. The van der Waals surface area contributed by atoms with Crippen molar-refractivity contribution < 1.29 is 9.90 Å². The smallest absolute Gasteiger partial charge is 0.413 e. The van der Waals surface area contributed by atoms with Crippen LogP contribution in [-0.4, -0.2) is 35.4 Å². The molecule has 0 aromatic heterocycles. The fourth-order valence-electron chi connectivity index (χ4n) is 3.67. The summed E-state index contributed by atoms with van der Waals surface area (Å²) in [4.78, 5) is 16.0. The number of anilines is 1. The van der Waals surface area contributed by atoms with Crippen molar-refractivity contribution in [2.24, 2.45) is 0 Å². The van der Waals surface area contributed by atoms with Crippen LogP contribution in [0.1, 0.15) is 25.3 Å². The molecule has 0 radical (unpaired) electrons. The minimum atomic E-state index is -0.883. The SMILES string of the molecule is CCN1CCCC1N(C(=O)O)c1c(C)cccc1-c1ccccc1. The van der Waals surface area contributed by atoms with E-state index in [-0.39, 0.29) is 6.17 Å². The third kappa shape index (κ3) is 3.02. The van der Waals surface area contributed by atoms with E-state index >= 15 is 0 Å². The molecule has 1 heterocycles. The largest absolute Gasteiger partial charge is 0.465 e. The third-order valence-corrected chi connectivity index (χ3v) is 4.80. The van der Waals surface area contributed by atoms with Crippen LogP contribution < -0.4 is 4.90 Å². The van der Waals surface area contributed by atoms with Gasteiger partial charge >= 0.3 is 6.09 Å². The van der Waals surface area contributed by atoms with E-state index in [4.69, 9.17) is 0 Å². The number of carboxylic acid groups (broad SMARTS) is 1. The number of benzene rings is 2. The van der Waals surface area contributed by atoms with E-state index in [1.807, 2.05) is 55.5 Å². The van der Waals surface area contributed by atoms with Gasteiger partial charge in [-0.15, -0.1) is 0 Å². The van der Waals surface area contributed by atoms with E-state index in [2.05, 4.69) is 11.8 Å². The van der Waals surface area contributed by atoms with Crippen LogP contribution >= 0.6 is 0 Å². The molecule has 1 N–H and O–H groups in total. The Morgan fingerprint density at radius 1 is 1.21 bits per heavy atom. The summed E-state index contributed by atoms with van der Waals surface area (Å²) in [7, 11) is 0. The fraction of sp³-hybridized carbons (Fsp3) is 0.350. The molecule has 0 saturated carbocycles. The Balaban J connectivity index is 2.13. The van der Waals surface area contributed by atoms with Crippen molar-refractivity contribution in [3.05, 3.63) is 54.1 Å². The van der Waals surface area contributed by atoms with Crippen LogP contribution in [0.3, 0.4) is 0 Å². The maximum atomic E-state index is 12.2. The van der Waals surface area contributed by atoms with Gasteiger partial charge in [-0.2, -0.15) is 0 Å². The minimum Gasteiger partial charge on any atom is -0.465 e. The Morgan fingerprint density at radius 2 is 1.96 bits per heavy atom. The lowest BCUT2D eigenvalue weighted by Crippen LogP contribution is -2.48. The molecule has 4 nitrogen and oxygen atoms in total. The molecule has 1 amide bonds. The van der Waals surface area contributed by atoms with Crippen molar-refractivity contribution in [1.29, 1.82) is 0 Å². The molecule has 0 bridgehead atoms. The lowest BCUT2D eigenvalue weighted by molar-refractivity contribution is 0.184. The Bertz CT molecular complexity index is 715. The summed E-state index contributed by atoms with van der Waals surface area (Å²) in [6.07, 6.45) is 0.945. The molecule has 3 rings (SSSR count). The van der Waals surface area contributed by atoms with Gasteiger partial charge in [0, 0.05) is 12.1 Å². The van der Waals surface area contributed by atoms with Gasteiger partial charge in [-0.3, -0.25) is 9.80 Å². The maximum Gasteiger partial charge on any atom is 0.413 e. The summed E-state index contributed by atoms with van der Waals surface area (Å²) in [6, 6.07) is 16.0. The van der Waals surface area contributed by atoms with E-state index in [0.29, 0.717) is 0 Å².